The van der Waals surface area contributed by atoms with Crippen molar-refractivity contribution in [2.24, 2.45) is 5.41 Å². The molecule has 0 radical (unpaired) electrons. The fourth-order valence-electron chi connectivity index (χ4n) is 5.09. The van der Waals surface area contributed by atoms with Crippen LogP contribution in [0.5, 0.6) is 0 Å². The molecule has 4 rings (SSSR count). The highest BCUT2D eigenvalue weighted by Crippen LogP contribution is 2.36. The number of hydrogen-bond donors (Lipinski definition) is 1. The number of pyridine rings is 1. The molecule has 1 atom stereocenters. The first-order chi connectivity index (χ1) is 15.0. The molecule has 0 aliphatic carbocycles. The third-order valence-corrected chi connectivity index (χ3v) is 6.90. The Labute approximate surface area is 186 Å². The number of nitrogens with one attached hydrogen (secondary N) is 1. The fourth-order valence-corrected chi connectivity index (χ4v) is 5.09. The number of rotatable bonds is 6. The van der Waals surface area contributed by atoms with E-state index < -0.39 is 5.41 Å². The average molecular weight is 422 g/mol. The maximum absolute atomic E-state index is 13.4. The van der Waals surface area contributed by atoms with Crippen LogP contribution in [0.3, 0.4) is 0 Å². The number of likely N-dealkylation sites (N-methyl/N-ethyl adjacent to an activating group) is 1. The molecule has 1 aromatic heterocycles. The van der Waals surface area contributed by atoms with E-state index in [1.165, 1.54) is 30.5 Å². The van der Waals surface area contributed by atoms with Crippen LogP contribution in [0.2, 0.25) is 0 Å². The standard InChI is InChI=1S/C26H35N3O2/c1-20-6-3-10-24(28-20)18-27-25(30)26(11-14-31-15-12-26)17-21-7-4-8-22(16-21)23-9-5-13-29(2)19-23/h3-4,6-8,10,16,23H,5,9,11-15,17-19H2,1-2H3,(H,27,30)/t23-/m0/s1. The number of hydrogen-bond acceptors (Lipinski definition) is 4. The van der Waals surface area contributed by atoms with Crippen LogP contribution in [0.4, 0.5) is 0 Å². The minimum Gasteiger partial charge on any atom is -0.381 e. The largest absolute Gasteiger partial charge is 0.381 e. The van der Waals surface area contributed by atoms with Crippen LogP contribution in [0.1, 0.15) is 54.1 Å². The minimum absolute atomic E-state index is 0.127. The van der Waals surface area contributed by atoms with E-state index in [2.05, 4.69) is 46.5 Å². The van der Waals surface area contributed by atoms with Crippen LogP contribution in [0.25, 0.3) is 0 Å². The van der Waals surface area contributed by atoms with E-state index in [4.69, 9.17) is 4.74 Å². The summed E-state index contributed by atoms with van der Waals surface area (Å²) >= 11 is 0. The molecular formula is C26H35N3O2. The van der Waals surface area contributed by atoms with Gasteiger partial charge in [-0.3, -0.25) is 9.78 Å². The second-order valence-corrected chi connectivity index (χ2v) is 9.37. The van der Waals surface area contributed by atoms with Gasteiger partial charge in [-0.1, -0.05) is 30.3 Å². The molecule has 0 unspecified atom stereocenters. The summed E-state index contributed by atoms with van der Waals surface area (Å²) in [7, 11) is 2.21. The molecule has 31 heavy (non-hydrogen) atoms. The van der Waals surface area contributed by atoms with Gasteiger partial charge < -0.3 is 15.0 Å². The first-order valence-corrected chi connectivity index (χ1v) is 11.6. The highest BCUT2D eigenvalue weighted by atomic mass is 16.5. The van der Waals surface area contributed by atoms with Crippen LogP contribution >= 0.6 is 0 Å². The summed E-state index contributed by atoms with van der Waals surface area (Å²) in [4.78, 5) is 20.4. The molecule has 1 N–H and O–H groups in total. The normalized spacial score (nSPS) is 21.5. The Morgan fingerprint density at radius 1 is 1.23 bits per heavy atom. The zero-order chi connectivity index (χ0) is 21.7. The molecule has 2 fully saturated rings. The van der Waals surface area contributed by atoms with Gasteiger partial charge in [0.1, 0.15) is 0 Å². The summed E-state index contributed by atoms with van der Waals surface area (Å²) in [6.07, 6.45) is 4.78. The first kappa shape index (κ1) is 22.0. The number of ether oxygens (including phenoxy) is 1. The van der Waals surface area contributed by atoms with E-state index in [1.807, 2.05) is 25.1 Å². The summed E-state index contributed by atoms with van der Waals surface area (Å²) < 4.78 is 5.62. The second-order valence-electron chi connectivity index (χ2n) is 9.37. The lowest BCUT2D eigenvalue weighted by atomic mass is 9.74. The number of piperidine rings is 1. The Balaban J connectivity index is 1.48. The van der Waals surface area contributed by atoms with E-state index in [1.54, 1.807) is 0 Å². The average Bonchev–Trinajstić information content (AvgIpc) is 2.78. The highest BCUT2D eigenvalue weighted by Gasteiger charge is 2.40. The van der Waals surface area contributed by atoms with Gasteiger partial charge in [-0.15, -0.1) is 0 Å². The van der Waals surface area contributed by atoms with Crippen molar-refractivity contribution in [1.82, 2.24) is 15.2 Å². The van der Waals surface area contributed by atoms with Gasteiger partial charge in [0.15, 0.2) is 0 Å². The monoisotopic (exact) mass is 421 g/mol. The number of nitrogens with zero attached hydrogens (tertiary/aromatic N) is 2. The summed E-state index contributed by atoms with van der Waals surface area (Å²) in [5, 5.41) is 3.18. The van der Waals surface area contributed by atoms with E-state index >= 15 is 0 Å². The van der Waals surface area contributed by atoms with Crippen molar-refractivity contribution in [3.63, 3.8) is 0 Å². The molecule has 2 saturated heterocycles. The second kappa shape index (κ2) is 9.92. The summed E-state index contributed by atoms with van der Waals surface area (Å²) in [5.74, 6) is 0.715. The molecule has 2 aliphatic rings. The van der Waals surface area contributed by atoms with E-state index in [0.29, 0.717) is 25.7 Å². The third-order valence-electron chi connectivity index (χ3n) is 6.90. The molecule has 5 heteroatoms. The first-order valence-electron chi connectivity index (χ1n) is 11.6. The quantitative estimate of drug-likeness (QED) is 0.770. The maximum Gasteiger partial charge on any atom is 0.227 e. The van der Waals surface area contributed by atoms with Gasteiger partial charge >= 0.3 is 0 Å². The molecule has 1 amide bonds. The van der Waals surface area contributed by atoms with Crippen LogP contribution in [0.15, 0.2) is 42.5 Å². The van der Waals surface area contributed by atoms with Crippen molar-refractivity contribution >= 4 is 5.91 Å². The Kier molecular flexibility index (Phi) is 7.03. The van der Waals surface area contributed by atoms with Gasteiger partial charge in [0, 0.05) is 25.5 Å². The lowest BCUT2D eigenvalue weighted by molar-refractivity contribution is -0.136. The topological polar surface area (TPSA) is 54.5 Å². The summed E-state index contributed by atoms with van der Waals surface area (Å²) in [5.41, 5.74) is 4.13. The Hall–Kier alpha value is -2.24. The number of aryl methyl sites for hydroxylation is 1. The van der Waals surface area contributed by atoms with Crippen molar-refractivity contribution in [1.29, 1.82) is 0 Å². The van der Waals surface area contributed by atoms with Gasteiger partial charge in [-0.25, -0.2) is 0 Å². The number of benzene rings is 1. The van der Waals surface area contributed by atoms with Crippen molar-refractivity contribution in [2.45, 2.75) is 51.5 Å². The Morgan fingerprint density at radius 3 is 2.81 bits per heavy atom. The zero-order valence-electron chi connectivity index (χ0n) is 18.9. The molecule has 2 aliphatic heterocycles. The number of likely N-dealkylation sites (tertiary alicyclic amines) is 1. The van der Waals surface area contributed by atoms with Gasteiger partial charge in [0.2, 0.25) is 5.91 Å². The zero-order valence-corrected chi connectivity index (χ0v) is 18.9. The van der Waals surface area contributed by atoms with E-state index in [9.17, 15) is 4.79 Å². The smallest absolute Gasteiger partial charge is 0.227 e. The molecule has 5 nitrogen and oxygen atoms in total. The fraction of sp³-hybridized carbons (Fsp3) is 0.538. The third kappa shape index (κ3) is 5.52. The molecule has 0 saturated carbocycles. The summed E-state index contributed by atoms with van der Waals surface area (Å²) in [6.45, 7) is 6.04. The molecule has 0 spiro atoms. The van der Waals surface area contributed by atoms with Crippen LogP contribution in [0, 0.1) is 12.3 Å². The predicted molar refractivity (Wildman–Crippen MR) is 123 cm³/mol. The van der Waals surface area contributed by atoms with Gasteiger partial charge in [0.05, 0.1) is 17.7 Å². The lowest BCUT2D eigenvalue weighted by Gasteiger charge is -2.36. The lowest BCUT2D eigenvalue weighted by Crippen LogP contribution is -2.46. The van der Waals surface area contributed by atoms with Gasteiger partial charge in [0.25, 0.3) is 0 Å². The molecule has 166 valence electrons. The molecule has 2 aromatic rings. The van der Waals surface area contributed by atoms with Crippen molar-refractivity contribution in [3.05, 3.63) is 65.0 Å². The Bertz CT molecular complexity index is 892. The van der Waals surface area contributed by atoms with E-state index in [-0.39, 0.29) is 5.91 Å². The predicted octanol–water partition coefficient (Wildman–Crippen LogP) is 3.85. The van der Waals surface area contributed by atoms with Crippen molar-refractivity contribution in [3.8, 4) is 0 Å². The molecule has 1 aromatic carbocycles. The van der Waals surface area contributed by atoms with Crippen LogP contribution in [-0.4, -0.2) is 49.1 Å². The van der Waals surface area contributed by atoms with Crippen LogP contribution in [-0.2, 0) is 22.5 Å². The molecule has 0 bridgehead atoms. The summed E-state index contributed by atoms with van der Waals surface area (Å²) in [6, 6.07) is 14.9. The Morgan fingerprint density at radius 2 is 2.03 bits per heavy atom. The number of aromatic nitrogens is 1. The minimum atomic E-state index is -0.413. The molecule has 3 heterocycles. The SMILES string of the molecule is Cc1cccc(CNC(=O)C2(Cc3cccc([C@H]4CCCN(C)C4)c3)CCOCC2)n1. The number of amides is 1. The highest BCUT2D eigenvalue weighted by molar-refractivity contribution is 5.83. The number of carbonyl (C=O) groups is 1. The van der Waals surface area contributed by atoms with Gasteiger partial charge in [-0.05, 0) is 81.8 Å². The van der Waals surface area contributed by atoms with E-state index in [0.717, 1.165) is 37.2 Å². The van der Waals surface area contributed by atoms with Crippen molar-refractivity contribution < 1.29 is 9.53 Å². The number of carbonyl (C=O) groups excluding carboxylic acids is 1. The van der Waals surface area contributed by atoms with Crippen LogP contribution < -0.4 is 5.32 Å². The van der Waals surface area contributed by atoms with Gasteiger partial charge in [-0.2, -0.15) is 0 Å². The van der Waals surface area contributed by atoms with Crippen molar-refractivity contribution in [2.75, 3.05) is 33.4 Å². The maximum atomic E-state index is 13.4. The molecular weight excluding hydrogens is 386 g/mol.